The van der Waals surface area contributed by atoms with Gasteiger partial charge in [0.2, 0.25) is 11.9 Å². The van der Waals surface area contributed by atoms with Crippen LogP contribution in [-0.2, 0) is 19.1 Å². The van der Waals surface area contributed by atoms with Crippen LogP contribution in [0.1, 0.15) is 73.4 Å². The number of methoxy groups -OCH3 is 2. The zero-order valence-corrected chi connectivity index (χ0v) is 37.5. The normalized spacial score (nSPS) is 18.4. The van der Waals surface area contributed by atoms with Crippen LogP contribution in [0.4, 0.5) is 17.6 Å². The number of ether oxygens (including phenoxy) is 4. The van der Waals surface area contributed by atoms with Crippen LogP contribution in [0.25, 0.3) is 23.5 Å². The topological polar surface area (TPSA) is 139 Å². The molecular weight excluding hydrogens is 861 g/mol. The Kier molecular flexibility index (Phi) is 13.9. The Hall–Kier alpha value is -7.50. The van der Waals surface area contributed by atoms with Crippen molar-refractivity contribution < 1.29 is 46.1 Å². The highest BCUT2D eigenvalue weighted by molar-refractivity contribution is 5.97. The van der Waals surface area contributed by atoms with Gasteiger partial charge in [-0.3, -0.25) is 9.59 Å². The molecule has 0 radical (unpaired) electrons. The molecule has 6 aromatic rings. The van der Waals surface area contributed by atoms with Gasteiger partial charge in [0, 0.05) is 35.9 Å². The molecule has 4 atom stereocenters. The Morgan fingerprint density at radius 1 is 0.636 bits per heavy atom. The summed E-state index contributed by atoms with van der Waals surface area (Å²) in [7, 11) is 3.13. The molecule has 0 bridgehead atoms. The maximum atomic E-state index is 14.3. The Labute approximate surface area is 378 Å². The highest BCUT2D eigenvalue weighted by Gasteiger charge is 2.36. The fourth-order valence-corrected chi connectivity index (χ4v) is 7.72. The van der Waals surface area contributed by atoms with E-state index in [1.165, 1.54) is 34.3 Å². The van der Waals surface area contributed by atoms with Gasteiger partial charge in [-0.2, -0.15) is 8.78 Å². The first kappa shape index (κ1) is 46.5. The van der Waals surface area contributed by atoms with E-state index in [2.05, 4.69) is 19.9 Å². The van der Waals surface area contributed by atoms with Gasteiger partial charge >= 0.3 is 0 Å². The molecule has 0 aliphatic carbocycles. The Bertz CT molecular complexity index is 2640. The Morgan fingerprint density at radius 3 is 1.38 bits per heavy atom. The summed E-state index contributed by atoms with van der Waals surface area (Å²) in [5, 5.41) is 0. The number of hydrogen-bond acceptors (Lipinski definition) is 10. The van der Waals surface area contributed by atoms with Crippen LogP contribution < -0.4 is 9.47 Å². The molecule has 8 rings (SSSR count). The first-order valence-corrected chi connectivity index (χ1v) is 20.9. The molecule has 2 aliphatic rings. The molecular formula is C48H48F4N8O6. The third-order valence-electron chi connectivity index (χ3n) is 11.1. The number of hydrogen-bond donors (Lipinski definition) is 0. The SMILES string of the molecule is COc1cc(/C=C2\O[C@@H](C)CN([C@@H](C)c3ccnc(F)c3F)C2=O)ccc1-n1cnc(C)c1.COc1cc(/C=C2\O[C@@H](C)CN([C@H](C)c3ccnc(F)c3F)C2=O)ccc1-n1cnc(C)c1. The quantitative estimate of drug-likeness (QED) is 0.0748. The molecule has 6 heterocycles. The molecule has 2 amide bonds. The summed E-state index contributed by atoms with van der Waals surface area (Å²) in [6.07, 6.45) is 12.1. The van der Waals surface area contributed by atoms with Crippen LogP contribution in [0.3, 0.4) is 0 Å². The minimum atomic E-state index is -1.19. The lowest BCUT2D eigenvalue weighted by atomic mass is 10.1. The average Bonchev–Trinajstić information content (AvgIpc) is 3.94. The number of nitrogens with zero attached hydrogens (tertiary/aromatic N) is 8. The molecule has 0 N–H and O–H groups in total. The minimum Gasteiger partial charge on any atom is -0.495 e. The van der Waals surface area contributed by atoms with Gasteiger partial charge in [0.05, 0.1) is 74.8 Å². The number of morpholine rings is 2. The van der Waals surface area contributed by atoms with E-state index in [-0.39, 0.29) is 47.9 Å². The smallest absolute Gasteiger partial charge is 0.289 e. The monoisotopic (exact) mass is 908 g/mol. The van der Waals surface area contributed by atoms with E-state index >= 15 is 0 Å². The van der Waals surface area contributed by atoms with E-state index in [0.717, 1.165) is 22.8 Å². The van der Waals surface area contributed by atoms with Crippen LogP contribution in [0.15, 0.2) is 97.5 Å². The average molecular weight is 909 g/mol. The fourth-order valence-electron chi connectivity index (χ4n) is 7.72. The zero-order valence-electron chi connectivity index (χ0n) is 37.5. The lowest BCUT2D eigenvalue weighted by Crippen LogP contribution is -2.45. The summed E-state index contributed by atoms with van der Waals surface area (Å²) in [6, 6.07) is 12.3. The van der Waals surface area contributed by atoms with Crippen molar-refractivity contribution in [2.24, 2.45) is 0 Å². The van der Waals surface area contributed by atoms with Crippen molar-refractivity contribution in [2.45, 2.75) is 65.8 Å². The second-order valence-corrected chi connectivity index (χ2v) is 15.9. The van der Waals surface area contributed by atoms with Gasteiger partial charge in [0.15, 0.2) is 23.2 Å². The van der Waals surface area contributed by atoms with Crippen molar-refractivity contribution in [1.29, 1.82) is 0 Å². The Morgan fingerprint density at radius 2 is 1.03 bits per heavy atom. The van der Waals surface area contributed by atoms with Crippen LogP contribution in [0.2, 0.25) is 0 Å². The number of carbonyl (C=O) groups excluding carboxylic acids is 2. The number of halogens is 4. The maximum absolute atomic E-state index is 14.3. The van der Waals surface area contributed by atoms with E-state index in [4.69, 9.17) is 18.9 Å². The highest BCUT2D eigenvalue weighted by Crippen LogP contribution is 2.33. The molecule has 66 heavy (non-hydrogen) atoms. The lowest BCUT2D eigenvalue weighted by molar-refractivity contribution is -0.142. The molecule has 2 saturated heterocycles. The van der Waals surface area contributed by atoms with Crippen molar-refractivity contribution in [2.75, 3.05) is 27.3 Å². The van der Waals surface area contributed by atoms with Crippen molar-refractivity contribution in [1.82, 2.24) is 38.9 Å². The van der Waals surface area contributed by atoms with Crippen molar-refractivity contribution in [3.63, 3.8) is 0 Å². The number of benzene rings is 2. The molecule has 344 valence electrons. The fraction of sp³-hybridized carbons (Fsp3) is 0.292. The van der Waals surface area contributed by atoms with Gasteiger partial charge in [0.25, 0.3) is 11.8 Å². The van der Waals surface area contributed by atoms with Crippen molar-refractivity contribution in [3.05, 3.63) is 155 Å². The molecule has 0 saturated carbocycles. The summed E-state index contributed by atoms with van der Waals surface area (Å²) in [5.74, 6) is -3.90. The predicted molar refractivity (Wildman–Crippen MR) is 235 cm³/mol. The first-order chi connectivity index (χ1) is 31.6. The van der Waals surface area contributed by atoms with E-state index in [0.29, 0.717) is 22.6 Å². The van der Waals surface area contributed by atoms with Gasteiger partial charge in [-0.1, -0.05) is 12.1 Å². The van der Waals surface area contributed by atoms with Gasteiger partial charge in [-0.25, -0.2) is 28.7 Å². The number of rotatable bonds is 10. The van der Waals surface area contributed by atoms with Crippen LogP contribution in [0.5, 0.6) is 11.5 Å². The first-order valence-electron chi connectivity index (χ1n) is 20.9. The van der Waals surface area contributed by atoms with E-state index < -0.39 is 47.4 Å². The molecule has 2 aliphatic heterocycles. The number of aryl methyl sites for hydroxylation is 2. The molecule has 4 aromatic heterocycles. The van der Waals surface area contributed by atoms with Crippen molar-refractivity contribution >= 4 is 24.0 Å². The van der Waals surface area contributed by atoms with Crippen LogP contribution in [0, 0.1) is 37.4 Å². The summed E-state index contributed by atoms with van der Waals surface area (Å²) < 4.78 is 82.2. The molecule has 2 fully saturated rings. The minimum absolute atomic E-state index is 0.0611. The number of aromatic nitrogens is 6. The third kappa shape index (κ3) is 9.91. The van der Waals surface area contributed by atoms with E-state index in [9.17, 15) is 27.2 Å². The predicted octanol–water partition coefficient (Wildman–Crippen LogP) is 8.42. The molecule has 14 nitrogen and oxygen atoms in total. The summed E-state index contributed by atoms with van der Waals surface area (Å²) in [5.41, 5.74) is 4.86. The van der Waals surface area contributed by atoms with E-state index in [1.54, 1.807) is 65.0 Å². The number of carbonyl (C=O) groups is 2. The summed E-state index contributed by atoms with van der Waals surface area (Å²) >= 11 is 0. The zero-order chi connectivity index (χ0) is 47.4. The van der Waals surface area contributed by atoms with Gasteiger partial charge in [-0.15, -0.1) is 0 Å². The molecule has 0 spiro atoms. The number of imidazole rings is 2. The Balaban J connectivity index is 0.000000196. The third-order valence-corrected chi connectivity index (χ3v) is 11.1. The lowest BCUT2D eigenvalue weighted by Gasteiger charge is -2.37. The number of pyridine rings is 2. The standard InChI is InChI=1S/2C24H24F2N4O3/c2*1-14-11-29(13-28-14)19-6-5-17(9-20(19)32-4)10-21-24(31)30(12-15(2)33-21)16(3)18-7-8-27-23(26)22(18)25/h2*5-11,13,15-16H,12H2,1-4H3/b2*21-10-/t15-,16+;15-,16-/m00/s1. The second-order valence-electron chi connectivity index (χ2n) is 15.9. The van der Waals surface area contributed by atoms with Crippen LogP contribution >= 0.6 is 0 Å². The largest absolute Gasteiger partial charge is 0.495 e. The maximum Gasteiger partial charge on any atom is 0.289 e. The molecule has 0 unspecified atom stereocenters. The van der Waals surface area contributed by atoms with E-state index in [1.807, 2.05) is 73.5 Å². The van der Waals surface area contributed by atoms with Gasteiger partial charge < -0.3 is 37.9 Å². The number of amides is 2. The molecule has 18 heteroatoms. The molecule has 2 aromatic carbocycles. The van der Waals surface area contributed by atoms with Crippen molar-refractivity contribution in [3.8, 4) is 22.9 Å². The summed E-state index contributed by atoms with van der Waals surface area (Å²) in [6.45, 7) is 11.2. The van der Waals surface area contributed by atoms with Crippen LogP contribution in [-0.4, -0.2) is 90.2 Å². The highest BCUT2D eigenvalue weighted by atomic mass is 19.2. The van der Waals surface area contributed by atoms with Gasteiger partial charge in [-0.05, 0) is 101 Å². The summed E-state index contributed by atoms with van der Waals surface area (Å²) in [4.78, 5) is 44.4. The van der Waals surface area contributed by atoms with Gasteiger partial charge in [0.1, 0.15) is 23.7 Å². The second kappa shape index (κ2) is 19.7.